The van der Waals surface area contributed by atoms with E-state index in [-0.39, 0.29) is 24.4 Å². The van der Waals surface area contributed by atoms with Crippen molar-refractivity contribution in [1.82, 2.24) is 14.5 Å². The minimum Gasteiger partial charge on any atom is -0.478 e. The third-order valence-corrected chi connectivity index (χ3v) is 6.95. The van der Waals surface area contributed by atoms with Gasteiger partial charge in [-0.1, -0.05) is 18.2 Å². The Morgan fingerprint density at radius 1 is 0.976 bits per heavy atom. The highest BCUT2D eigenvalue weighted by atomic mass is 19.1. The molecule has 0 saturated carbocycles. The Morgan fingerprint density at radius 3 is 2.54 bits per heavy atom. The maximum Gasteiger partial charge on any atom is 0.335 e. The van der Waals surface area contributed by atoms with Crippen LogP contribution in [0.5, 0.6) is 5.88 Å². The number of methoxy groups -OCH3 is 1. The summed E-state index contributed by atoms with van der Waals surface area (Å²) in [6.45, 7) is 4.49. The summed E-state index contributed by atoms with van der Waals surface area (Å²) in [6, 6.07) is 18.2. The molecule has 9 heteroatoms. The molecule has 2 aromatic heterocycles. The normalized spacial score (nSPS) is 11.2. The van der Waals surface area contributed by atoms with Gasteiger partial charge in [0.05, 0.1) is 28.9 Å². The summed E-state index contributed by atoms with van der Waals surface area (Å²) in [5, 5.41) is 9.43. The number of rotatable bonds is 10. The van der Waals surface area contributed by atoms with Crippen molar-refractivity contribution in [3.63, 3.8) is 0 Å². The Kier molecular flexibility index (Phi) is 8.07. The van der Waals surface area contributed by atoms with Crippen LogP contribution in [0.3, 0.4) is 0 Å². The monoisotopic (exact) mass is 557 g/mol. The van der Waals surface area contributed by atoms with Gasteiger partial charge in [0.25, 0.3) is 0 Å². The number of pyridine rings is 1. The summed E-state index contributed by atoms with van der Waals surface area (Å²) >= 11 is 0. The third kappa shape index (κ3) is 6.10. The van der Waals surface area contributed by atoms with Crippen molar-refractivity contribution in [1.29, 1.82) is 0 Å². The van der Waals surface area contributed by atoms with Crippen LogP contribution in [0.15, 0.2) is 66.7 Å². The Labute approximate surface area is 236 Å². The lowest BCUT2D eigenvalue weighted by atomic mass is 9.99. The molecule has 0 aliphatic heterocycles. The summed E-state index contributed by atoms with van der Waals surface area (Å²) in [4.78, 5) is 20.7. The number of benzene rings is 3. The van der Waals surface area contributed by atoms with E-state index in [0.717, 1.165) is 5.56 Å². The van der Waals surface area contributed by atoms with Crippen LogP contribution in [0.4, 0.5) is 8.78 Å². The van der Waals surface area contributed by atoms with Crippen LogP contribution in [0, 0.1) is 25.5 Å². The lowest BCUT2D eigenvalue weighted by molar-refractivity contribution is 0.0697. The number of carbonyl (C=O) groups is 1. The van der Waals surface area contributed by atoms with Gasteiger partial charge in [-0.25, -0.2) is 23.5 Å². The van der Waals surface area contributed by atoms with Crippen LogP contribution in [-0.2, 0) is 24.3 Å². The van der Waals surface area contributed by atoms with Gasteiger partial charge in [0.2, 0.25) is 5.88 Å². The number of halogens is 2. The Balaban J connectivity index is 1.41. The van der Waals surface area contributed by atoms with Gasteiger partial charge in [0, 0.05) is 37.3 Å². The average molecular weight is 558 g/mol. The smallest absolute Gasteiger partial charge is 0.335 e. The molecule has 0 spiro atoms. The first-order valence-electron chi connectivity index (χ1n) is 13.1. The first-order chi connectivity index (χ1) is 19.7. The Morgan fingerprint density at radius 2 is 1.80 bits per heavy atom. The van der Waals surface area contributed by atoms with Gasteiger partial charge in [0.1, 0.15) is 24.1 Å². The van der Waals surface area contributed by atoms with Crippen molar-refractivity contribution in [3.05, 3.63) is 112 Å². The van der Waals surface area contributed by atoms with Crippen molar-refractivity contribution in [3.8, 4) is 17.1 Å². The van der Waals surface area contributed by atoms with E-state index in [9.17, 15) is 14.3 Å². The van der Waals surface area contributed by atoms with Gasteiger partial charge < -0.3 is 19.1 Å². The second-order valence-electron chi connectivity index (χ2n) is 9.86. The standard InChI is InChI=1S/C32H29F2N3O4/c1-19-7-8-22(25(33)13-19)18-41-31-6-4-5-27(36-31)23-14-20(2)24(26(34)15-23)17-30-35-28-10-9-21(32(38)39)16-29(28)37(30)11-12-40-3/h4-10,13-16H,11-12,17-18H2,1-3H3,(H,38,39). The number of aryl methyl sites for hydroxylation is 2. The van der Waals surface area contributed by atoms with Crippen molar-refractivity contribution >= 4 is 17.0 Å². The summed E-state index contributed by atoms with van der Waals surface area (Å²) < 4.78 is 42.6. The fourth-order valence-corrected chi connectivity index (χ4v) is 4.75. The van der Waals surface area contributed by atoms with E-state index in [1.807, 2.05) is 30.5 Å². The molecule has 0 aliphatic carbocycles. The number of carboxylic acids is 1. The molecule has 5 rings (SSSR count). The van der Waals surface area contributed by atoms with Crippen LogP contribution in [0.25, 0.3) is 22.3 Å². The predicted molar refractivity (Wildman–Crippen MR) is 151 cm³/mol. The first kappa shape index (κ1) is 27.9. The fourth-order valence-electron chi connectivity index (χ4n) is 4.75. The lowest BCUT2D eigenvalue weighted by Gasteiger charge is -2.13. The van der Waals surface area contributed by atoms with E-state index in [0.29, 0.717) is 63.8 Å². The molecule has 0 amide bonds. The molecule has 0 fully saturated rings. The molecule has 0 radical (unpaired) electrons. The van der Waals surface area contributed by atoms with E-state index in [1.54, 1.807) is 43.5 Å². The topological polar surface area (TPSA) is 86.5 Å². The number of carboxylic acid groups (broad SMARTS) is 1. The number of imidazole rings is 1. The zero-order valence-corrected chi connectivity index (χ0v) is 22.9. The molecular weight excluding hydrogens is 528 g/mol. The molecule has 0 saturated heterocycles. The zero-order chi connectivity index (χ0) is 29.1. The van der Waals surface area contributed by atoms with Crippen LogP contribution in [-0.4, -0.2) is 39.3 Å². The number of aromatic carboxylic acids is 1. The van der Waals surface area contributed by atoms with E-state index in [2.05, 4.69) is 9.97 Å². The molecule has 7 nitrogen and oxygen atoms in total. The molecular formula is C32H29F2N3O4. The third-order valence-electron chi connectivity index (χ3n) is 6.95. The highest BCUT2D eigenvalue weighted by molar-refractivity contribution is 5.92. The number of hydrogen-bond acceptors (Lipinski definition) is 5. The largest absolute Gasteiger partial charge is 0.478 e. The molecule has 0 bridgehead atoms. The summed E-state index contributed by atoms with van der Waals surface area (Å²) in [5.74, 6) is -0.877. The minimum absolute atomic E-state index is 0.0208. The average Bonchev–Trinajstić information content (AvgIpc) is 3.29. The number of fused-ring (bicyclic) bond motifs is 1. The number of nitrogens with zero attached hydrogens (tertiary/aromatic N) is 3. The van der Waals surface area contributed by atoms with Crippen molar-refractivity contribution in [2.75, 3.05) is 13.7 Å². The van der Waals surface area contributed by atoms with E-state index < -0.39 is 11.8 Å². The van der Waals surface area contributed by atoms with Gasteiger partial charge in [0.15, 0.2) is 0 Å². The number of aromatic nitrogens is 3. The first-order valence-corrected chi connectivity index (χ1v) is 13.1. The summed E-state index contributed by atoms with van der Waals surface area (Å²) in [7, 11) is 1.58. The maximum absolute atomic E-state index is 15.6. The summed E-state index contributed by atoms with van der Waals surface area (Å²) in [6.07, 6.45) is 0.206. The Bertz CT molecular complexity index is 1730. The second kappa shape index (κ2) is 11.9. The van der Waals surface area contributed by atoms with Crippen LogP contribution < -0.4 is 4.74 Å². The molecule has 1 N–H and O–H groups in total. The number of ether oxygens (including phenoxy) is 2. The van der Waals surface area contributed by atoms with Crippen molar-refractivity contribution in [2.24, 2.45) is 0 Å². The molecule has 0 aliphatic rings. The van der Waals surface area contributed by atoms with Gasteiger partial charge >= 0.3 is 5.97 Å². The van der Waals surface area contributed by atoms with Crippen LogP contribution in [0.2, 0.25) is 0 Å². The lowest BCUT2D eigenvalue weighted by Crippen LogP contribution is -2.10. The molecule has 5 aromatic rings. The maximum atomic E-state index is 15.6. The zero-order valence-electron chi connectivity index (χ0n) is 22.9. The molecule has 3 aromatic carbocycles. The molecule has 41 heavy (non-hydrogen) atoms. The van der Waals surface area contributed by atoms with Gasteiger partial charge in [-0.15, -0.1) is 0 Å². The van der Waals surface area contributed by atoms with Crippen LogP contribution >= 0.6 is 0 Å². The van der Waals surface area contributed by atoms with Crippen LogP contribution in [0.1, 0.15) is 38.4 Å². The van der Waals surface area contributed by atoms with E-state index in [1.165, 1.54) is 18.2 Å². The SMILES string of the molecule is COCCn1c(Cc2c(C)cc(-c3cccc(OCc4ccc(C)cc4F)n3)cc2F)nc2ccc(C(=O)O)cc21. The Hall–Kier alpha value is -4.63. The van der Waals surface area contributed by atoms with Gasteiger partial charge in [-0.2, -0.15) is 0 Å². The molecule has 0 atom stereocenters. The van der Waals surface area contributed by atoms with E-state index >= 15 is 4.39 Å². The minimum atomic E-state index is -1.03. The van der Waals surface area contributed by atoms with Crippen molar-refractivity contribution in [2.45, 2.75) is 33.4 Å². The highest BCUT2D eigenvalue weighted by Gasteiger charge is 2.18. The molecule has 2 heterocycles. The van der Waals surface area contributed by atoms with Gasteiger partial charge in [-0.05, 0) is 73.0 Å². The fraction of sp³-hybridized carbons (Fsp3) is 0.219. The second-order valence-corrected chi connectivity index (χ2v) is 9.86. The quantitative estimate of drug-likeness (QED) is 0.211. The van der Waals surface area contributed by atoms with E-state index in [4.69, 9.17) is 9.47 Å². The highest BCUT2D eigenvalue weighted by Crippen LogP contribution is 2.28. The summed E-state index contributed by atoms with van der Waals surface area (Å²) in [5.41, 5.74) is 4.97. The predicted octanol–water partition coefficient (Wildman–Crippen LogP) is 6.51. The number of hydrogen-bond donors (Lipinski definition) is 1. The molecule has 210 valence electrons. The molecule has 0 unspecified atom stereocenters. The van der Waals surface area contributed by atoms with Crippen molar-refractivity contribution < 1.29 is 28.2 Å². The van der Waals surface area contributed by atoms with Gasteiger partial charge in [-0.3, -0.25) is 0 Å².